The molecule has 1 rings (SSSR count). The molecule has 0 aromatic heterocycles. The summed E-state index contributed by atoms with van der Waals surface area (Å²) in [5.74, 6) is -1.66. The van der Waals surface area contributed by atoms with Crippen molar-refractivity contribution in [1.82, 2.24) is 0 Å². The fourth-order valence-electron chi connectivity index (χ4n) is 1.06. The molecule has 0 saturated heterocycles. The lowest BCUT2D eigenvalue weighted by atomic mass is 10.1. The predicted molar refractivity (Wildman–Crippen MR) is 56.0 cm³/mol. The Labute approximate surface area is 86.0 Å². The van der Waals surface area contributed by atoms with Crippen molar-refractivity contribution in [2.24, 2.45) is 5.73 Å². The molecular weight excluding hydrogens is 196 g/mol. The number of hydrogen-bond acceptors (Lipinski definition) is 3. The lowest BCUT2D eigenvalue weighted by Gasteiger charge is -2.01. The number of primary amides is 1. The van der Waals surface area contributed by atoms with Crippen LogP contribution >= 0.6 is 0 Å². The summed E-state index contributed by atoms with van der Waals surface area (Å²) in [7, 11) is 0. The van der Waals surface area contributed by atoms with Crippen molar-refractivity contribution in [2.45, 2.75) is 0 Å². The highest BCUT2D eigenvalue weighted by molar-refractivity contribution is 5.95. The van der Waals surface area contributed by atoms with Crippen LogP contribution < -0.4 is 11.5 Å². The second kappa shape index (κ2) is 4.28. The Morgan fingerprint density at radius 3 is 2.47 bits per heavy atom. The molecule has 78 valence electrons. The number of rotatable bonds is 3. The van der Waals surface area contributed by atoms with Gasteiger partial charge in [-0.25, -0.2) is 4.79 Å². The minimum atomic E-state index is -1.09. The number of anilines is 1. The first-order valence-corrected chi connectivity index (χ1v) is 4.11. The normalized spacial score (nSPS) is 10.4. The van der Waals surface area contributed by atoms with E-state index in [4.69, 9.17) is 16.6 Å². The summed E-state index contributed by atoms with van der Waals surface area (Å²) < 4.78 is 0. The van der Waals surface area contributed by atoms with E-state index in [2.05, 4.69) is 0 Å². The van der Waals surface area contributed by atoms with E-state index in [1.165, 1.54) is 24.3 Å². The first kappa shape index (κ1) is 10.8. The Morgan fingerprint density at radius 1 is 1.33 bits per heavy atom. The van der Waals surface area contributed by atoms with Crippen molar-refractivity contribution in [1.29, 1.82) is 0 Å². The lowest BCUT2D eigenvalue weighted by Crippen LogP contribution is -2.05. The van der Waals surface area contributed by atoms with Gasteiger partial charge in [0, 0.05) is 11.8 Å². The highest BCUT2D eigenvalue weighted by Gasteiger charge is 2.06. The van der Waals surface area contributed by atoms with Gasteiger partial charge < -0.3 is 16.6 Å². The molecule has 5 heteroatoms. The highest BCUT2D eigenvalue weighted by Crippen LogP contribution is 2.15. The largest absolute Gasteiger partial charge is 0.478 e. The van der Waals surface area contributed by atoms with Crippen LogP contribution in [0.25, 0.3) is 6.08 Å². The van der Waals surface area contributed by atoms with Crippen LogP contribution in [0.15, 0.2) is 24.3 Å². The van der Waals surface area contributed by atoms with Gasteiger partial charge in [-0.2, -0.15) is 0 Å². The SMILES string of the molecule is NC(=O)C=Cc1ccc(C(=O)O)c(N)c1. The third-order valence-electron chi connectivity index (χ3n) is 1.75. The minimum Gasteiger partial charge on any atom is -0.478 e. The molecule has 5 N–H and O–H groups in total. The Hall–Kier alpha value is -2.30. The number of carboxylic acids is 1. The average Bonchev–Trinajstić information content (AvgIpc) is 2.14. The second-order valence-electron chi connectivity index (χ2n) is 2.89. The van der Waals surface area contributed by atoms with Crippen molar-refractivity contribution >= 4 is 23.6 Å². The number of benzene rings is 1. The van der Waals surface area contributed by atoms with E-state index in [-0.39, 0.29) is 11.3 Å². The third-order valence-corrected chi connectivity index (χ3v) is 1.75. The second-order valence-corrected chi connectivity index (χ2v) is 2.89. The lowest BCUT2D eigenvalue weighted by molar-refractivity contribution is -0.113. The monoisotopic (exact) mass is 206 g/mol. The number of carbonyl (C=O) groups is 2. The molecule has 0 aliphatic rings. The molecule has 5 nitrogen and oxygen atoms in total. The number of carboxylic acid groups (broad SMARTS) is 1. The Balaban J connectivity index is 3.01. The van der Waals surface area contributed by atoms with E-state index in [9.17, 15) is 9.59 Å². The molecule has 0 fully saturated rings. The Kier molecular flexibility index (Phi) is 3.07. The van der Waals surface area contributed by atoms with E-state index < -0.39 is 11.9 Å². The molecule has 0 spiro atoms. The third kappa shape index (κ3) is 2.84. The van der Waals surface area contributed by atoms with E-state index in [0.717, 1.165) is 0 Å². The zero-order chi connectivity index (χ0) is 11.4. The number of nitrogens with two attached hydrogens (primary N) is 2. The maximum atomic E-state index is 10.6. The molecule has 15 heavy (non-hydrogen) atoms. The van der Waals surface area contributed by atoms with E-state index in [1.54, 1.807) is 6.07 Å². The van der Waals surface area contributed by atoms with Crippen molar-refractivity contribution in [3.8, 4) is 0 Å². The van der Waals surface area contributed by atoms with Gasteiger partial charge in [0.15, 0.2) is 0 Å². The molecule has 0 radical (unpaired) electrons. The van der Waals surface area contributed by atoms with Crippen molar-refractivity contribution in [3.63, 3.8) is 0 Å². The van der Waals surface area contributed by atoms with E-state index in [0.29, 0.717) is 5.56 Å². The predicted octanol–water partition coefficient (Wildman–Crippen LogP) is 0.466. The van der Waals surface area contributed by atoms with Crippen molar-refractivity contribution in [2.75, 3.05) is 5.73 Å². The van der Waals surface area contributed by atoms with Crippen molar-refractivity contribution < 1.29 is 14.7 Å². The number of carbonyl (C=O) groups excluding carboxylic acids is 1. The van der Waals surface area contributed by atoms with Crippen LogP contribution in [0.4, 0.5) is 5.69 Å². The van der Waals surface area contributed by atoms with Gasteiger partial charge in [0.2, 0.25) is 5.91 Å². The van der Waals surface area contributed by atoms with Gasteiger partial charge in [-0.1, -0.05) is 6.07 Å². The maximum absolute atomic E-state index is 10.6. The quantitative estimate of drug-likeness (QED) is 0.493. The Bertz CT molecular complexity index is 438. The van der Waals surface area contributed by atoms with Crippen LogP contribution in [0.2, 0.25) is 0 Å². The summed E-state index contributed by atoms with van der Waals surface area (Å²) >= 11 is 0. The van der Waals surface area contributed by atoms with Gasteiger partial charge in [-0.15, -0.1) is 0 Å². The molecule has 0 unspecified atom stereocenters. The molecule has 0 atom stereocenters. The molecular formula is C10H10N2O3. The molecule has 1 aromatic carbocycles. The molecule has 0 heterocycles. The minimum absolute atomic E-state index is 0.0335. The fraction of sp³-hybridized carbons (Fsp3) is 0. The topological polar surface area (TPSA) is 106 Å². The zero-order valence-electron chi connectivity index (χ0n) is 7.81. The van der Waals surface area contributed by atoms with E-state index in [1.807, 2.05) is 0 Å². The van der Waals surface area contributed by atoms with Gasteiger partial charge in [-0.3, -0.25) is 4.79 Å². The van der Waals surface area contributed by atoms with Gasteiger partial charge >= 0.3 is 5.97 Å². The van der Waals surface area contributed by atoms with Crippen LogP contribution in [-0.4, -0.2) is 17.0 Å². The molecule has 1 aromatic rings. The van der Waals surface area contributed by atoms with E-state index >= 15 is 0 Å². The zero-order valence-corrected chi connectivity index (χ0v) is 7.81. The number of hydrogen-bond donors (Lipinski definition) is 3. The molecule has 0 aliphatic heterocycles. The molecule has 0 aliphatic carbocycles. The van der Waals surface area contributed by atoms with Crippen molar-refractivity contribution in [3.05, 3.63) is 35.4 Å². The van der Waals surface area contributed by atoms with Gasteiger partial charge in [0.1, 0.15) is 0 Å². The van der Waals surface area contributed by atoms with Crippen LogP contribution in [-0.2, 0) is 4.79 Å². The fourth-order valence-corrected chi connectivity index (χ4v) is 1.06. The molecule has 0 bridgehead atoms. The molecule has 0 saturated carbocycles. The first-order chi connectivity index (χ1) is 7.00. The Morgan fingerprint density at radius 2 is 2.00 bits per heavy atom. The standard InChI is InChI=1S/C10H10N2O3/c11-8-5-6(2-4-9(12)13)1-3-7(8)10(14)15/h1-5H,11H2,(H2,12,13)(H,14,15). The van der Waals surface area contributed by atoms with Crippen LogP contribution in [0.5, 0.6) is 0 Å². The first-order valence-electron chi connectivity index (χ1n) is 4.11. The summed E-state index contributed by atoms with van der Waals surface area (Å²) in [5, 5.41) is 8.70. The summed E-state index contributed by atoms with van der Waals surface area (Å²) in [4.78, 5) is 21.1. The van der Waals surface area contributed by atoms with Gasteiger partial charge in [0.05, 0.1) is 5.56 Å². The summed E-state index contributed by atoms with van der Waals surface area (Å²) in [5.41, 5.74) is 11.2. The summed E-state index contributed by atoms with van der Waals surface area (Å²) in [6.45, 7) is 0. The number of aromatic carboxylic acids is 1. The average molecular weight is 206 g/mol. The number of nitrogen functional groups attached to an aromatic ring is 1. The molecule has 1 amide bonds. The van der Waals surface area contributed by atoms with Gasteiger partial charge in [-0.05, 0) is 23.8 Å². The maximum Gasteiger partial charge on any atom is 0.337 e. The van der Waals surface area contributed by atoms with Crippen LogP contribution in [0.1, 0.15) is 15.9 Å². The highest BCUT2D eigenvalue weighted by atomic mass is 16.4. The summed E-state index contributed by atoms with van der Waals surface area (Å²) in [6.07, 6.45) is 2.64. The number of amides is 1. The van der Waals surface area contributed by atoms with Gasteiger partial charge in [0.25, 0.3) is 0 Å². The van der Waals surface area contributed by atoms with Crippen LogP contribution in [0.3, 0.4) is 0 Å². The van der Waals surface area contributed by atoms with Crippen LogP contribution in [0, 0.1) is 0 Å². The summed E-state index contributed by atoms with van der Waals surface area (Å²) in [6, 6.07) is 4.38. The smallest absolute Gasteiger partial charge is 0.337 e.